The van der Waals surface area contributed by atoms with Crippen LogP contribution in [-0.4, -0.2) is 20.7 Å². The smallest absolute Gasteiger partial charge is 0.117 e. The summed E-state index contributed by atoms with van der Waals surface area (Å²) in [5, 5.41) is 9.79. The van der Waals surface area contributed by atoms with Gasteiger partial charge < -0.3 is 11.1 Å². The van der Waals surface area contributed by atoms with Gasteiger partial charge in [0.05, 0.1) is 23.9 Å². The minimum atomic E-state index is 0.693. The summed E-state index contributed by atoms with van der Waals surface area (Å²) in [6.45, 7) is 1.58. The van der Waals surface area contributed by atoms with E-state index in [1.54, 1.807) is 6.20 Å². The maximum atomic E-state index is 5.61. The molecule has 0 radical (unpaired) electrons. The monoisotopic (exact) mass is 259 g/mol. The van der Waals surface area contributed by atoms with Crippen molar-refractivity contribution in [1.29, 1.82) is 0 Å². The fourth-order valence-corrected chi connectivity index (χ4v) is 2.59. The van der Waals surface area contributed by atoms with E-state index < -0.39 is 0 Å². The maximum absolute atomic E-state index is 5.61. The van der Waals surface area contributed by atoms with Crippen LogP contribution in [0.1, 0.15) is 0 Å². The van der Waals surface area contributed by atoms with Gasteiger partial charge in [-0.1, -0.05) is 12.1 Å². The Morgan fingerprint density at radius 1 is 1.33 bits per heavy atom. The molecule has 0 saturated carbocycles. The lowest BCUT2D eigenvalue weighted by molar-refractivity contribution is 0.638. The molecule has 0 aliphatic carbocycles. The van der Waals surface area contributed by atoms with E-state index >= 15 is 0 Å². The highest BCUT2D eigenvalue weighted by Crippen LogP contribution is 2.26. The van der Waals surface area contributed by atoms with Gasteiger partial charge in [0, 0.05) is 18.1 Å². The minimum absolute atomic E-state index is 0.693. The number of nitrogens with one attached hydrogen (secondary N) is 1. The van der Waals surface area contributed by atoms with Gasteiger partial charge in [0.25, 0.3) is 0 Å². The van der Waals surface area contributed by atoms with Gasteiger partial charge in [-0.15, -0.1) is 0 Å². The Labute approximate surface area is 108 Å². The molecule has 3 aromatic rings. The highest BCUT2D eigenvalue weighted by molar-refractivity contribution is 7.11. The molecule has 0 spiro atoms. The second-order valence-corrected chi connectivity index (χ2v) is 4.77. The fraction of sp³-hybridized carbons (Fsp3) is 0.167. The molecule has 2 heterocycles. The largest absolute Gasteiger partial charge is 0.396 e. The predicted molar refractivity (Wildman–Crippen MR) is 74.7 cm³/mol. The Kier molecular flexibility index (Phi) is 2.85. The second kappa shape index (κ2) is 4.66. The van der Waals surface area contributed by atoms with E-state index in [0.717, 1.165) is 23.6 Å². The molecule has 3 N–H and O–H groups in total. The molecule has 0 saturated heterocycles. The van der Waals surface area contributed by atoms with Crippen molar-refractivity contribution in [1.82, 2.24) is 14.2 Å². The molecule has 1 aromatic carbocycles. The summed E-state index contributed by atoms with van der Waals surface area (Å²) in [6.07, 6.45) is 3.48. The highest BCUT2D eigenvalue weighted by atomic mass is 32.1. The molecule has 2 aromatic heterocycles. The van der Waals surface area contributed by atoms with E-state index in [0.29, 0.717) is 5.69 Å². The van der Waals surface area contributed by atoms with Crippen LogP contribution in [0.15, 0.2) is 36.7 Å². The molecule has 0 atom stereocenters. The lowest BCUT2D eigenvalue weighted by atomic mass is 10.2. The zero-order chi connectivity index (χ0) is 12.4. The SMILES string of the molecule is Nc1cnn(CCNc2snc3ccccc23)c1. The van der Waals surface area contributed by atoms with Gasteiger partial charge in [0.15, 0.2) is 0 Å². The quantitative estimate of drug-likeness (QED) is 0.753. The first-order chi connectivity index (χ1) is 8.83. The number of hydrogen-bond acceptors (Lipinski definition) is 5. The van der Waals surface area contributed by atoms with E-state index in [4.69, 9.17) is 5.73 Å². The van der Waals surface area contributed by atoms with E-state index in [9.17, 15) is 0 Å². The van der Waals surface area contributed by atoms with Gasteiger partial charge >= 0.3 is 0 Å². The van der Waals surface area contributed by atoms with Crippen LogP contribution in [0.3, 0.4) is 0 Å². The van der Waals surface area contributed by atoms with E-state index in [-0.39, 0.29) is 0 Å². The summed E-state index contributed by atoms with van der Waals surface area (Å²) >= 11 is 1.49. The lowest BCUT2D eigenvalue weighted by Crippen LogP contribution is -2.10. The Balaban J connectivity index is 1.66. The number of hydrogen-bond donors (Lipinski definition) is 2. The number of anilines is 2. The van der Waals surface area contributed by atoms with Crippen LogP contribution in [0.4, 0.5) is 10.7 Å². The summed E-state index contributed by atoms with van der Waals surface area (Å²) in [5.41, 5.74) is 7.34. The number of nitrogens with zero attached hydrogens (tertiary/aromatic N) is 3. The number of fused-ring (bicyclic) bond motifs is 1. The van der Waals surface area contributed by atoms with Gasteiger partial charge in [0.1, 0.15) is 5.00 Å². The Morgan fingerprint density at radius 3 is 3.06 bits per heavy atom. The average molecular weight is 259 g/mol. The normalized spacial score (nSPS) is 10.9. The predicted octanol–water partition coefficient (Wildman–Crippen LogP) is 2.19. The summed E-state index contributed by atoms with van der Waals surface area (Å²) in [6, 6.07) is 8.12. The Bertz CT molecular complexity index is 657. The summed E-state index contributed by atoms with van der Waals surface area (Å²) in [7, 11) is 0. The van der Waals surface area contributed by atoms with Crippen molar-refractivity contribution in [2.24, 2.45) is 0 Å². The van der Waals surface area contributed by atoms with Crippen LogP contribution in [-0.2, 0) is 6.54 Å². The number of aromatic nitrogens is 3. The number of nitrogen functional groups attached to an aromatic ring is 1. The Hall–Kier alpha value is -2.08. The molecule has 0 unspecified atom stereocenters. The lowest BCUT2D eigenvalue weighted by Gasteiger charge is -2.03. The molecule has 18 heavy (non-hydrogen) atoms. The molecular formula is C12H13N5S. The van der Waals surface area contributed by atoms with Crippen LogP contribution >= 0.6 is 11.5 Å². The van der Waals surface area contributed by atoms with Crippen molar-refractivity contribution < 1.29 is 0 Å². The van der Waals surface area contributed by atoms with Crippen molar-refractivity contribution in [3.63, 3.8) is 0 Å². The van der Waals surface area contributed by atoms with E-state index in [2.05, 4.69) is 20.9 Å². The maximum Gasteiger partial charge on any atom is 0.117 e. The molecule has 0 bridgehead atoms. The number of rotatable bonds is 4. The molecule has 0 aliphatic rings. The average Bonchev–Trinajstić information content (AvgIpc) is 2.97. The van der Waals surface area contributed by atoms with Gasteiger partial charge in [-0.2, -0.15) is 9.47 Å². The van der Waals surface area contributed by atoms with Gasteiger partial charge in [-0.05, 0) is 23.7 Å². The van der Waals surface area contributed by atoms with E-state index in [1.165, 1.54) is 16.9 Å². The van der Waals surface area contributed by atoms with Crippen LogP contribution < -0.4 is 11.1 Å². The third-order valence-corrected chi connectivity index (χ3v) is 3.50. The third kappa shape index (κ3) is 2.14. The summed E-state index contributed by atoms with van der Waals surface area (Å²) in [5.74, 6) is 0. The first-order valence-electron chi connectivity index (χ1n) is 5.69. The van der Waals surface area contributed by atoms with Gasteiger partial charge in [0.2, 0.25) is 0 Å². The topological polar surface area (TPSA) is 68.8 Å². The molecule has 0 amide bonds. The molecule has 5 nitrogen and oxygen atoms in total. The van der Waals surface area contributed by atoms with Crippen LogP contribution in [0.2, 0.25) is 0 Å². The van der Waals surface area contributed by atoms with Gasteiger partial charge in [-0.25, -0.2) is 0 Å². The van der Waals surface area contributed by atoms with E-state index in [1.807, 2.05) is 29.1 Å². The molecular weight excluding hydrogens is 246 g/mol. The highest BCUT2D eigenvalue weighted by Gasteiger charge is 2.04. The standard InChI is InChI=1S/C12H13N5S/c13-9-7-15-17(8-9)6-5-14-12-10-3-1-2-4-11(10)16-18-12/h1-4,7-8,14H,5-6,13H2. The van der Waals surface area contributed by atoms with Crippen molar-refractivity contribution in [3.8, 4) is 0 Å². The molecule has 3 rings (SSSR count). The molecule has 92 valence electrons. The fourth-order valence-electron chi connectivity index (χ4n) is 1.80. The van der Waals surface area contributed by atoms with Crippen LogP contribution in [0.25, 0.3) is 10.9 Å². The summed E-state index contributed by atoms with van der Waals surface area (Å²) < 4.78 is 6.21. The van der Waals surface area contributed by atoms with Crippen LogP contribution in [0, 0.1) is 0 Å². The minimum Gasteiger partial charge on any atom is -0.396 e. The first-order valence-corrected chi connectivity index (χ1v) is 6.46. The van der Waals surface area contributed by atoms with Crippen molar-refractivity contribution in [2.45, 2.75) is 6.54 Å². The van der Waals surface area contributed by atoms with Crippen molar-refractivity contribution >= 4 is 33.1 Å². The van der Waals surface area contributed by atoms with Crippen molar-refractivity contribution in [2.75, 3.05) is 17.6 Å². The Morgan fingerprint density at radius 2 is 2.22 bits per heavy atom. The molecule has 6 heteroatoms. The molecule has 0 aliphatic heterocycles. The number of nitrogens with two attached hydrogens (primary N) is 1. The molecule has 0 fully saturated rings. The van der Waals surface area contributed by atoms with Gasteiger partial charge in [-0.3, -0.25) is 4.68 Å². The zero-order valence-electron chi connectivity index (χ0n) is 9.71. The summed E-state index contributed by atoms with van der Waals surface area (Å²) in [4.78, 5) is 0. The zero-order valence-corrected chi connectivity index (χ0v) is 10.5. The number of benzene rings is 1. The first kappa shape index (κ1) is 11.0. The van der Waals surface area contributed by atoms with Crippen LogP contribution in [0.5, 0.6) is 0 Å². The third-order valence-electron chi connectivity index (χ3n) is 2.66. The van der Waals surface area contributed by atoms with Crippen molar-refractivity contribution in [3.05, 3.63) is 36.7 Å². The second-order valence-electron chi connectivity index (χ2n) is 3.99.